The number of nitrogens with zero attached hydrogens (tertiary/aromatic N) is 1. The minimum Gasteiger partial charge on any atom is -0.384 e. The van der Waals surface area contributed by atoms with E-state index in [-0.39, 0.29) is 24.1 Å². The Labute approximate surface area is 106 Å². The van der Waals surface area contributed by atoms with Gasteiger partial charge >= 0.3 is 0 Å². The maximum atomic E-state index is 13.6. The second kappa shape index (κ2) is 6.18. The van der Waals surface area contributed by atoms with Gasteiger partial charge in [0.25, 0.3) is 5.91 Å². The zero-order valence-corrected chi connectivity index (χ0v) is 10.7. The molecule has 1 rings (SSSR count). The molecule has 0 spiro atoms. The van der Waals surface area contributed by atoms with E-state index in [4.69, 9.17) is 5.11 Å². The second-order valence-corrected chi connectivity index (χ2v) is 4.16. The van der Waals surface area contributed by atoms with Crippen molar-refractivity contribution in [3.8, 4) is 11.8 Å². The molecule has 1 aromatic rings. The van der Waals surface area contributed by atoms with Crippen LogP contribution in [0.15, 0.2) is 18.2 Å². The summed E-state index contributed by atoms with van der Waals surface area (Å²) in [5.41, 5.74) is 0.502. The Morgan fingerprint density at radius 2 is 2.17 bits per heavy atom. The first-order valence-corrected chi connectivity index (χ1v) is 5.63. The molecule has 0 atom stereocenters. The average Bonchev–Trinajstić information content (AvgIpc) is 2.36. The van der Waals surface area contributed by atoms with Gasteiger partial charge in [-0.2, -0.15) is 0 Å². The summed E-state index contributed by atoms with van der Waals surface area (Å²) in [4.78, 5) is 13.5. The van der Waals surface area contributed by atoms with Crippen LogP contribution >= 0.6 is 0 Å². The number of benzene rings is 1. The molecular formula is C14H16FNO2. The van der Waals surface area contributed by atoms with E-state index >= 15 is 0 Å². The van der Waals surface area contributed by atoms with Crippen molar-refractivity contribution in [2.75, 3.05) is 13.7 Å². The normalized spacial score (nSPS) is 9.89. The molecule has 1 amide bonds. The Morgan fingerprint density at radius 3 is 2.72 bits per heavy atom. The first kappa shape index (κ1) is 14.2. The van der Waals surface area contributed by atoms with Gasteiger partial charge in [-0.3, -0.25) is 4.79 Å². The van der Waals surface area contributed by atoms with Gasteiger partial charge in [-0.05, 0) is 32.0 Å². The molecule has 0 fully saturated rings. The fourth-order valence-corrected chi connectivity index (χ4v) is 1.33. The van der Waals surface area contributed by atoms with E-state index in [1.54, 1.807) is 7.05 Å². The number of aliphatic hydroxyl groups is 1. The third-order valence-corrected chi connectivity index (χ3v) is 2.60. The highest BCUT2D eigenvalue weighted by Gasteiger charge is 2.18. The number of rotatable bonds is 2. The minimum absolute atomic E-state index is 0.00376. The van der Waals surface area contributed by atoms with Crippen LogP contribution in [0.5, 0.6) is 0 Å². The van der Waals surface area contributed by atoms with Gasteiger partial charge < -0.3 is 10.0 Å². The van der Waals surface area contributed by atoms with E-state index in [2.05, 4.69) is 11.8 Å². The molecule has 0 bridgehead atoms. The van der Waals surface area contributed by atoms with Crippen LogP contribution in [-0.4, -0.2) is 35.6 Å². The highest BCUT2D eigenvalue weighted by atomic mass is 19.1. The van der Waals surface area contributed by atoms with E-state index in [1.165, 1.54) is 23.1 Å². The van der Waals surface area contributed by atoms with Crippen molar-refractivity contribution >= 4 is 5.91 Å². The lowest BCUT2D eigenvalue weighted by molar-refractivity contribution is 0.0750. The first-order valence-electron chi connectivity index (χ1n) is 5.63. The Morgan fingerprint density at radius 1 is 1.50 bits per heavy atom. The Hall–Kier alpha value is -1.86. The van der Waals surface area contributed by atoms with Crippen molar-refractivity contribution in [1.29, 1.82) is 0 Å². The third kappa shape index (κ3) is 3.31. The van der Waals surface area contributed by atoms with Gasteiger partial charge in [0.1, 0.15) is 12.4 Å². The monoisotopic (exact) mass is 249 g/mol. The van der Waals surface area contributed by atoms with Crippen molar-refractivity contribution in [2.45, 2.75) is 19.9 Å². The summed E-state index contributed by atoms with van der Waals surface area (Å²) in [6, 6.07) is 4.08. The van der Waals surface area contributed by atoms with Gasteiger partial charge in [0.05, 0.1) is 5.56 Å². The molecule has 0 radical (unpaired) electrons. The number of halogens is 1. The molecule has 3 nitrogen and oxygen atoms in total. The highest BCUT2D eigenvalue weighted by Crippen LogP contribution is 2.13. The standard InChI is InChI=1S/C14H16FNO2/c1-10(2)16(3)14(18)12-9-11(5-4-8-17)6-7-13(12)15/h6-7,9-10,17H,8H2,1-3H3. The van der Waals surface area contributed by atoms with Crippen LogP contribution in [0.2, 0.25) is 0 Å². The van der Waals surface area contributed by atoms with Crippen molar-refractivity contribution in [2.24, 2.45) is 0 Å². The number of carbonyl (C=O) groups excluding carboxylic acids is 1. The lowest BCUT2D eigenvalue weighted by atomic mass is 10.1. The number of hydrogen-bond donors (Lipinski definition) is 1. The first-order chi connectivity index (χ1) is 8.47. The van der Waals surface area contributed by atoms with Crippen molar-refractivity contribution in [3.63, 3.8) is 0 Å². The molecule has 96 valence electrons. The summed E-state index contributed by atoms with van der Waals surface area (Å²) in [5, 5.41) is 8.60. The smallest absolute Gasteiger partial charge is 0.256 e. The maximum absolute atomic E-state index is 13.6. The summed E-state index contributed by atoms with van der Waals surface area (Å²) >= 11 is 0. The fourth-order valence-electron chi connectivity index (χ4n) is 1.33. The topological polar surface area (TPSA) is 40.5 Å². The highest BCUT2D eigenvalue weighted by molar-refractivity contribution is 5.94. The second-order valence-electron chi connectivity index (χ2n) is 4.16. The van der Waals surface area contributed by atoms with E-state index in [0.717, 1.165) is 0 Å². The minimum atomic E-state index is -0.568. The number of hydrogen-bond acceptors (Lipinski definition) is 2. The van der Waals surface area contributed by atoms with Gasteiger partial charge in [-0.25, -0.2) is 4.39 Å². The summed E-state index contributed by atoms with van der Waals surface area (Å²) < 4.78 is 13.6. The van der Waals surface area contributed by atoms with Crippen LogP contribution in [0.3, 0.4) is 0 Å². The molecule has 1 aromatic carbocycles. The Kier molecular flexibility index (Phi) is 4.87. The zero-order chi connectivity index (χ0) is 13.7. The molecule has 0 saturated carbocycles. The number of aliphatic hydroxyl groups excluding tert-OH is 1. The van der Waals surface area contributed by atoms with Crippen LogP contribution < -0.4 is 0 Å². The van der Waals surface area contributed by atoms with E-state index < -0.39 is 5.82 Å². The Bertz CT molecular complexity index is 500. The largest absolute Gasteiger partial charge is 0.384 e. The lowest BCUT2D eigenvalue weighted by Gasteiger charge is -2.21. The van der Waals surface area contributed by atoms with Crippen LogP contribution in [-0.2, 0) is 0 Å². The molecule has 0 aliphatic rings. The Balaban J connectivity index is 3.11. The van der Waals surface area contributed by atoms with Gasteiger partial charge in [0.15, 0.2) is 0 Å². The van der Waals surface area contributed by atoms with Gasteiger partial charge in [-0.1, -0.05) is 11.8 Å². The summed E-state index contributed by atoms with van der Waals surface area (Å²) in [5.74, 6) is 4.16. The molecule has 0 aromatic heterocycles. The van der Waals surface area contributed by atoms with E-state index in [9.17, 15) is 9.18 Å². The van der Waals surface area contributed by atoms with Crippen LogP contribution in [0, 0.1) is 17.7 Å². The molecule has 0 unspecified atom stereocenters. The lowest BCUT2D eigenvalue weighted by Crippen LogP contribution is -2.33. The average molecular weight is 249 g/mol. The molecule has 0 heterocycles. The van der Waals surface area contributed by atoms with Crippen LogP contribution in [0.4, 0.5) is 4.39 Å². The molecule has 0 aliphatic heterocycles. The van der Waals surface area contributed by atoms with Gasteiger partial charge in [0, 0.05) is 18.7 Å². The van der Waals surface area contributed by atoms with Crippen molar-refractivity contribution in [1.82, 2.24) is 4.90 Å². The number of carbonyl (C=O) groups is 1. The molecule has 1 N–H and O–H groups in total. The molecule has 4 heteroatoms. The van der Waals surface area contributed by atoms with Crippen molar-refractivity contribution in [3.05, 3.63) is 35.1 Å². The molecular weight excluding hydrogens is 233 g/mol. The quantitative estimate of drug-likeness (QED) is 0.810. The van der Waals surface area contributed by atoms with Gasteiger partial charge in [-0.15, -0.1) is 0 Å². The summed E-state index contributed by atoms with van der Waals surface area (Å²) in [6.07, 6.45) is 0. The zero-order valence-electron chi connectivity index (χ0n) is 10.7. The van der Waals surface area contributed by atoms with Crippen molar-refractivity contribution < 1.29 is 14.3 Å². The summed E-state index contributed by atoms with van der Waals surface area (Å²) in [6.45, 7) is 3.43. The van der Waals surface area contributed by atoms with E-state index in [1.807, 2.05) is 13.8 Å². The predicted molar refractivity (Wildman–Crippen MR) is 67.6 cm³/mol. The molecule has 18 heavy (non-hydrogen) atoms. The molecule has 0 aliphatic carbocycles. The predicted octanol–water partition coefficient (Wildman–Crippen LogP) is 1.65. The fraction of sp³-hybridized carbons (Fsp3) is 0.357. The van der Waals surface area contributed by atoms with Crippen LogP contribution in [0.25, 0.3) is 0 Å². The molecule has 0 saturated heterocycles. The van der Waals surface area contributed by atoms with Crippen LogP contribution in [0.1, 0.15) is 29.8 Å². The third-order valence-electron chi connectivity index (χ3n) is 2.60. The SMILES string of the molecule is CC(C)N(C)C(=O)c1cc(C#CCO)ccc1F. The maximum Gasteiger partial charge on any atom is 0.256 e. The summed E-state index contributed by atoms with van der Waals surface area (Å²) in [7, 11) is 1.62. The van der Waals surface area contributed by atoms with Gasteiger partial charge in [0.2, 0.25) is 0 Å². The van der Waals surface area contributed by atoms with E-state index in [0.29, 0.717) is 5.56 Å². The number of amides is 1.